The molecule has 6 heteroatoms. The van der Waals surface area contributed by atoms with Crippen molar-refractivity contribution in [2.24, 2.45) is 7.05 Å². The zero-order chi connectivity index (χ0) is 22.8. The third-order valence-electron chi connectivity index (χ3n) is 5.58. The van der Waals surface area contributed by atoms with Gasteiger partial charge in [-0.05, 0) is 62.1 Å². The molecular weight excluding hydrogens is 404 g/mol. The molecule has 0 aliphatic carbocycles. The topological polar surface area (TPSA) is 69.6 Å². The molecule has 1 aromatic heterocycles. The molecule has 32 heavy (non-hydrogen) atoms. The molecule has 6 nitrogen and oxygen atoms in total. The van der Waals surface area contributed by atoms with Gasteiger partial charge in [-0.25, -0.2) is 0 Å². The lowest BCUT2D eigenvalue weighted by atomic mass is 9.98. The van der Waals surface area contributed by atoms with Gasteiger partial charge in [-0.1, -0.05) is 24.8 Å². The van der Waals surface area contributed by atoms with Crippen molar-refractivity contribution in [1.29, 1.82) is 0 Å². The molecule has 2 heterocycles. The molecule has 0 fully saturated rings. The van der Waals surface area contributed by atoms with Gasteiger partial charge in [0.05, 0.1) is 12.2 Å². The van der Waals surface area contributed by atoms with Crippen molar-refractivity contribution < 1.29 is 14.3 Å². The number of pyridine rings is 1. The highest BCUT2D eigenvalue weighted by molar-refractivity contribution is 5.99. The summed E-state index contributed by atoms with van der Waals surface area (Å²) in [6, 6.07) is 11.4. The zero-order valence-electron chi connectivity index (χ0n) is 18.5. The number of anilines is 1. The van der Waals surface area contributed by atoms with Gasteiger partial charge < -0.3 is 19.4 Å². The van der Waals surface area contributed by atoms with E-state index >= 15 is 0 Å². The van der Waals surface area contributed by atoms with Crippen molar-refractivity contribution >= 4 is 11.6 Å². The van der Waals surface area contributed by atoms with Gasteiger partial charge in [-0.3, -0.25) is 9.59 Å². The summed E-state index contributed by atoms with van der Waals surface area (Å²) in [5.41, 5.74) is 4.70. The summed E-state index contributed by atoms with van der Waals surface area (Å²) in [6.07, 6.45) is 4.44. The monoisotopic (exact) mass is 430 g/mol. The third-order valence-corrected chi connectivity index (χ3v) is 5.58. The van der Waals surface area contributed by atoms with E-state index in [9.17, 15) is 9.59 Å². The number of amides is 1. The Morgan fingerprint density at radius 3 is 2.66 bits per heavy atom. The molecule has 0 saturated carbocycles. The summed E-state index contributed by atoms with van der Waals surface area (Å²) >= 11 is 0. The fourth-order valence-corrected chi connectivity index (χ4v) is 3.95. The van der Waals surface area contributed by atoms with Gasteiger partial charge >= 0.3 is 0 Å². The highest BCUT2D eigenvalue weighted by Gasteiger charge is 2.23. The van der Waals surface area contributed by atoms with Crippen LogP contribution in [-0.2, 0) is 18.3 Å². The predicted molar refractivity (Wildman–Crippen MR) is 126 cm³/mol. The zero-order valence-corrected chi connectivity index (χ0v) is 18.5. The average molecular weight is 431 g/mol. The molecule has 2 aromatic carbocycles. The predicted octanol–water partition coefficient (Wildman–Crippen LogP) is 4.91. The molecule has 0 radical (unpaired) electrons. The maximum absolute atomic E-state index is 12.7. The van der Waals surface area contributed by atoms with Crippen LogP contribution in [0.25, 0.3) is 11.1 Å². The van der Waals surface area contributed by atoms with Crippen LogP contribution in [-0.4, -0.2) is 17.1 Å². The number of aryl methyl sites for hydroxylation is 3. The first kappa shape index (κ1) is 21.4. The quantitative estimate of drug-likeness (QED) is 0.584. The smallest absolute Gasteiger partial charge is 0.257 e. The van der Waals surface area contributed by atoms with Crippen molar-refractivity contribution in [2.45, 2.75) is 26.7 Å². The lowest BCUT2D eigenvalue weighted by Gasteiger charge is -2.23. The maximum Gasteiger partial charge on any atom is 0.257 e. The number of rotatable bonds is 5. The Hall–Kier alpha value is -3.80. The number of fused-ring (bicyclic) bond motifs is 1. The summed E-state index contributed by atoms with van der Waals surface area (Å²) in [4.78, 5) is 24.6. The van der Waals surface area contributed by atoms with Crippen LogP contribution in [0.1, 0.15) is 23.1 Å². The van der Waals surface area contributed by atoms with Crippen LogP contribution in [0.15, 0.2) is 60.0 Å². The Bertz CT molecular complexity index is 1250. The van der Waals surface area contributed by atoms with Crippen LogP contribution >= 0.6 is 0 Å². The highest BCUT2D eigenvalue weighted by atomic mass is 16.5. The SMILES string of the molecule is C=CC(=O)Nc1ccc(Oc2c(C)cccc2C)c(-c2cn(C)c(=O)c3c2OCCC3)c1. The second-order valence-corrected chi connectivity index (χ2v) is 7.95. The van der Waals surface area contributed by atoms with E-state index < -0.39 is 0 Å². The summed E-state index contributed by atoms with van der Waals surface area (Å²) < 4.78 is 13.9. The van der Waals surface area contributed by atoms with Crippen molar-refractivity contribution in [2.75, 3.05) is 11.9 Å². The van der Waals surface area contributed by atoms with E-state index in [0.29, 0.717) is 35.8 Å². The van der Waals surface area contributed by atoms with E-state index in [1.165, 1.54) is 6.08 Å². The van der Waals surface area contributed by atoms with Crippen molar-refractivity contribution in [3.05, 3.63) is 82.3 Å². The Morgan fingerprint density at radius 2 is 1.94 bits per heavy atom. The summed E-state index contributed by atoms with van der Waals surface area (Å²) in [6.45, 7) is 8.06. The fraction of sp³-hybridized carbons (Fsp3) is 0.231. The second-order valence-electron chi connectivity index (χ2n) is 7.95. The Balaban J connectivity index is 1.92. The second kappa shape index (κ2) is 8.75. The van der Waals surface area contributed by atoms with E-state index in [-0.39, 0.29) is 11.5 Å². The minimum Gasteiger partial charge on any atom is -0.492 e. The minimum absolute atomic E-state index is 0.0585. The van der Waals surface area contributed by atoms with Gasteiger partial charge in [-0.15, -0.1) is 0 Å². The molecular formula is C26H26N2O4. The number of aromatic nitrogens is 1. The molecule has 0 spiro atoms. The van der Waals surface area contributed by atoms with Gasteiger partial charge in [-0.2, -0.15) is 0 Å². The van der Waals surface area contributed by atoms with Crippen LogP contribution in [0.5, 0.6) is 17.2 Å². The standard InChI is InChI=1S/C26H26N2O4/c1-5-23(29)27-18-11-12-22(32-24-16(2)8-6-9-17(24)3)20(14-18)21-15-28(4)26(30)19-10-7-13-31-25(19)21/h5-6,8-9,11-12,14-15H,1,7,10,13H2,2-4H3,(H,27,29). The Morgan fingerprint density at radius 1 is 1.19 bits per heavy atom. The molecule has 3 aromatic rings. The average Bonchev–Trinajstić information content (AvgIpc) is 2.79. The largest absolute Gasteiger partial charge is 0.492 e. The van der Waals surface area contributed by atoms with Crippen LogP contribution in [0.2, 0.25) is 0 Å². The van der Waals surface area contributed by atoms with Gasteiger partial charge in [0, 0.05) is 30.1 Å². The van der Waals surface area contributed by atoms with E-state index in [1.807, 2.05) is 44.2 Å². The lowest BCUT2D eigenvalue weighted by molar-refractivity contribution is -0.111. The van der Waals surface area contributed by atoms with Crippen LogP contribution in [0.3, 0.4) is 0 Å². The van der Waals surface area contributed by atoms with Crippen molar-refractivity contribution in [3.8, 4) is 28.4 Å². The number of para-hydroxylation sites is 1. The first-order valence-corrected chi connectivity index (χ1v) is 10.6. The number of carbonyl (C=O) groups is 1. The number of hydrogen-bond acceptors (Lipinski definition) is 4. The molecule has 0 unspecified atom stereocenters. The first-order chi connectivity index (χ1) is 15.4. The van der Waals surface area contributed by atoms with E-state index in [4.69, 9.17) is 9.47 Å². The van der Waals surface area contributed by atoms with Gasteiger partial charge in [0.25, 0.3) is 5.56 Å². The maximum atomic E-state index is 12.7. The molecule has 1 aliphatic heterocycles. The minimum atomic E-state index is -0.307. The number of carbonyl (C=O) groups excluding carboxylic acids is 1. The molecule has 1 amide bonds. The molecule has 1 aliphatic rings. The third kappa shape index (κ3) is 4.04. The van der Waals surface area contributed by atoms with Crippen LogP contribution in [0.4, 0.5) is 5.69 Å². The van der Waals surface area contributed by atoms with Gasteiger partial charge in [0.1, 0.15) is 17.2 Å². The van der Waals surface area contributed by atoms with Crippen molar-refractivity contribution in [1.82, 2.24) is 4.57 Å². The van der Waals surface area contributed by atoms with E-state index in [1.54, 1.807) is 23.9 Å². The molecule has 0 atom stereocenters. The molecule has 0 bridgehead atoms. The van der Waals surface area contributed by atoms with E-state index in [2.05, 4.69) is 11.9 Å². The number of hydrogen-bond donors (Lipinski definition) is 1. The fourth-order valence-electron chi connectivity index (χ4n) is 3.95. The van der Waals surface area contributed by atoms with Gasteiger partial charge in [0.15, 0.2) is 0 Å². The van der Waals surface area contributed by atoms with Crippen LogP contribution in [0, 0.1) is 13.8 Å². The lowest BCUT2D eigenvalue weighted by Crippen LogP contribution is -2.25. The molecule has 1 N–H and O–H groups in total. The highest BCUT2D eigenvalue weighted by Crippen LogP contribution is 2.42. The Labute approximate surface area is 187 Å². The molecule has 164 valence electrons. The first-order valence-electron chi connectivity index (χ1n) is 10.6. The Kier molecular flexibility index (Phi) is 5.86. The molecule has 0 saturated heterocycles. The van der Waals surface area contributed by atoms with Gasteiger partial charge in [0.2, 0.25) is 5.91 Å². The number of nitrogens with zero attached hydrogens (tertiary/aromatic N) is 1. The molecule has 4 rings (SSSR count). The summed E-state index contributed by atoms with van der Waals surface area (Å²) in [5.74, 6) is 1.65. The summed E-state index contributed by atoms with van der Waals surface area (Å²) in [7, 11) is 1.73. The normalized spacial score (nSPS) is 12.5. The number of nitrogens with one attached hydrogen (secondary N) is 1. The summed E-state index contributed by atoms with van der Waals surface area (Å²) in [5, 5.41) is 2.80. The van der Waals surface area contributed by atoms with E-state index in [0.717, 1.165) is 34.4 Å². The number of ether oxygens (including phenoxy) is 2. The van der Waals surface area contributed by atoms with Crippen molar-refractivity contribution in [3.63, 3.8) is 0 Å². The van der Waals surface area contributed by atoms with Crippen LogP contribution < -0.4 is 20.3 Å². The number of benzene rings is 2.